The van der Waals surface area contributed by atoms with Crippen molar-refractivity contribution in [1.82, 2.24) is 20.2 Å². The fourth-order valence-electron chi connectivity index (χ4n) is 1.98. The summed E-state index contributed by atoms with van der Waals surface area (Å²) in [6.45, 7) is 0. The lowest BCUT2D eigenvalue weighted by Crippen LogP contribution is -2.13. The van der Waals surface area contributed by atoms with Crippen LogP contribution in [0.2, 0.25) is 0 Å². The summed E-state index contributed by atoms with van der Waals surface area (Å²) in [5.74, 6) is -0.729. The van der Waals surface area contributed by atoms with Gasteiger partial charge in [0.05, 0.1) is 11.4 Å². The average Bonchev–Trinajstić information content (AvgIpc) is 3.01. The van der Waals surface area contributed by atoms with E-state index in [0.29, 0.717) is 11.3 Å². The normalized spacial score (nSPS) is 11.6. The fraction of sp³-hybridized carbons (Fsp3) is 0.0714. The number of tetrazole rings is 1. The van der Waals surface area contributed by atoms with Crippen molar-refractivity contribution < 1.29 is 12.8 Å². The fourth-order valence-corrected chi connectivity index (χ4v) is 3.67. The van der Waals surface area contributed by atoms with Gasteiger partial charge in [-0.2, -0.15) is 4.68 Å². The molecule has 0 N–H and O–H groups in total. The van der Waals surface area contributed by atoms with Gasteiger partial charge in [-0.1, -0.05) is 17.2 Å². The van der Waals surface area contributed by atoms with Gasteiger partial charge in [0.1, 0.15) is 5.82 Å². The summed E-state index contributed by atoms with van der Waals surface area (Å²) in [5.41, 5.74) is 1.01. The van der Waals surface area contributed by atoms with Crippen molar-refractivity contribution in [1.29, 1.82) is 0 Å². The Bertz CT molecular complexity index is 924. The van der Waals surface area contributed by atoms with Gasteiger partial charge >= 0.3 is 0 Å². The molecule has 6 nitrogen and oxygen atoms in total. The second kappa shape index (κ2) is 6.32. The molecule has 3 aromatic rings. The van der Waals surface area contributed by atoms with Crippen LogP contribution in [0.3, 0.4) is 0 Å². The van der Waals surface area contributed by atoms with E-state index < -0.39 is 15.7 Å². The lowest BCUT2D eigenvalue weighted by atomic mass is 10.2. The predicted octanol–water partition coefficient (Wildman–Crippen LogP) is 2.38. The first-order valence-corrected chi connectivity index (χ1v) is 9.20. The summed E-state index contributed by atoms with van der Waals surface area (Å²) in [6, 6.07) is 12.4. The van der Waals surface area contributed by atoms with Gasteiger partial charge < -0.3 is 0 Å². The average molecular weight is 444 g/mol. The number of nitrogens with zero attached hydrogens (tertiary/aromatic N) is 4. The molecule has 0 atom stereocenters. The van der Waals surface area contributed by atoms with Crippen LogP contribution in [0.25, 0.3) is 5.69 Å². The first-order valence-electron chi connectivity index (χ1n) is 6.47. The van der Waals surface area contributed by atoms with E-state index in [9.17, 15) is 12.8 Å². The molecule has 118 valence electrons. The van der Waals surface area contributed by atoms with Gasteiger partial charge in [-0.15, -0.1) is 0 Å². The molecule has 0 aliphatic carbocycles. The second-order valence-electron chi connectivity index (χ2n) is 4.74. The summed E-state index contributed by atoms with van der Waals surface area (Å²) in [7, 11) is -3.77. The molecule has 0 bridgehead atoms. The van der Waals surface area contributed by atoms with Crippen molar-refractivity contribution in [3.05, 3.63) is 63.5 Å². The third kappa shape index (κ3) is 3.55. The number of rotatable bonds is 4. The Morgan fingerprint density at radius 1 is 1.04 bits per heavy atom. The number of hydrogen-bond donors (Lipinski definition) is 0. The van der Waals surface area contributed by atoms with Crippen molar-refractivity contribution in [3.63, 3.8) is 0 Å². The minimum atomic E-state index is -3.77. The third-order valence-corrected chi connectivity index (χ3v) is 5.30. The molecule has 9 heteroatoms. The highest BCUT2D eigenvalue weighted by atomic mass is 127. The molecular formula is C14H10FIN4O2S. The van der Waals surface area contributed by atoms with E-state index in [2.05, 4.69) is 38.1 Å². The summed E-state index contributed by atoms with van der Waals surface area (Å²) in [6.07, 6.45) is 0. The molecule has 2 aromatic carbocycles. The van der Waals surface area contributed by atoms with Gasteiger partial charge in [0, 0.05) is 3.57 Å². The van der Waals surface area contributed by atoms with Crippen LogP contribution in [0.15, 0.2) is 53.7 Å². The number of aromatic nitrogens is 4. The zero-order valence-corrected chi connectivity index (χ0v) is 14.6. The molecule has 0 saturated heterocycles. The van der Waals surface area contributed by atoms with Crippen molar-refractivity contribution in [2.45, 2.75) is 10.9 Å². The van der Waals surface area contributed by atoms with E-state index >= 15 is 0 Å². The Morgan fingerprint density at radius 2 is 1.70 bits per heavy atom. The Morgan fingerprint density at radius 3 is 2.35 bits per heavy atom. The monoisotopic (exact) mass is 444 g/mol. The second-order valence-corrected chi connectivity index (χ2v) is 7.86. The van der Waals surface area contributed by atoms with Crippen LogP contribution in [0, 0.1) is 9.39 Å². The van der Waals surface area contributed by atoms with Crippen molar-refractivity contribution >= 4 is 32.4 Å². The predicted molar refractivity (Wildman–Crippen MR) is 89.2 cm³/mol. The number of benzene rings is 2. The quantitative estimate of drug-likeness (QED) is 0.578. The molecule has 23 heavy (non-hydrogen) atoms. The molecule has 1 aromatic heterocycles. The molecule has 0 spiro atoms. The van der Waals surface area contributed by atoms with Crippen molar-refractivity contribution in [3.8, 4) is 5.69 Å². The maximum absolute atomic E-state index is 12.9. The highest BCUT2D eigenvalue weighted by Crippen LogP contribution is 2.18. The van der Waals surface area contributed by atoms with E-state index in [1.165, 1.54) is 28.9 Å². The van der Waals surface area contributed by atoms with E-state index in [0.717, 1.165) is 3.57 Å². The molecule has 0 saturated carbocycles. The van der Waals surface area contributed by atoms with Crippen molar-refractivity contribution in [2.75, 3.05) is 0 Å². The highest BCUT2D eigenvalue weighted by Gasteiger charge is 2.24. The minimum absolute atomic E-state index is 0.247. The zero-order valence-electron chi connectivity index (χ0n) is 11.6. The van der Waals surface area contributed by atoms with E-state index in [1.54, 1.807) is 12.1 Å². The molecule has 0 aliphatic rings. The first-order chi connectivity index (χ1) is 11.0. The van der Waals surface area contributed by atoms with Gasteiger partial charge in [0.25, 0.3) is 5.16 Å². The largest absolute Gasteiger partial charge is 0.272 e. The Labute approximate surface area is 145 Å². The van der Waals surface area contributed by atoms with E-state index in [-0.39, 0.29) is 10.9 Å². The van der Waals surface area contributed by atoms with Crippen LogP contribution in [0.5, 0.6) is 0 Å². The van der Waals surface area contributed by atoms with Gasteiger partial charge in [-0.25, -0.2) is 12.8 Å². The summed E-state index contributed by atoms with van der Waals surface area (Å²) < 4.78 is 40.2. The molecule has 0 aliphatic heterocycles. The van der Waals surface area contributed by atoms with Crippen LogP contribution in [-0.2, 0) is 15.6 Å². The van der Waals surface area contributed by atoms with Crippen LogP contribution in [0.1, 0.15) is 5.56 Å². The molecule has 0 amide bonds. The molecule has 0 fully saturated rings. The molecule has 1 heterocycles. The van der Waals surface area contributed by atoms with Crippen LogP contribution in [-0.4, -0.2) is 28.6 Å². The zero-order chi connectivity index (χ0) is 16.4. The number of halogens is 2. The maximum atomic E-state index is 12.9. The van der Waals surface area contributed by atoms with Gasteiger partial charge in [-0.3, -0.25) is 0 Å². The lowest BCUT2D eigenvalue weighted by Gasteiger charge is -2.06. The summed E-state index contributed by atoms with van der Waals surface area (Å²) in [5, 5.41) is 10.6. The van der Waals surface area contributed by atoms with Gasteiger partial charge in [0.15, 0.2) is 0 Å². The molecular weight excluding hydrogens is 434 g/mol. The van der Waals surface area contributed by atoms with Crippen LogP contribution in [0.4, 0.5) is 4.39 Å². The maximum Gasteiger partial charge on any atom is 0.272 e. The van der Waals surface area contributed by atoms with E-state index in [1.807, 2.05) is 12.1 Å². The lowest BCUT2D eigenvalue weighted by molar-refractivity contribution is 0.579. The summed E-state index contributed by atoms with van der Waals surface area (Å²) >= 11 is 2.15. The Kier molecular flexibility index (Phi) is 4.39. The van der Waals surface area contributed by atoms with Gasteiger partial charge in [0.2, 0.25) is 9.84 Å². The highest BCUT2D eigenvalue weighted by molar-refractivity contribution is 14.1. The third-order valence-electron chi connectivity index (χ3n) is 3.06. The Balaban J connectivity index is 1.96. The van der Waals surface area contributed by atoms with Crippen LogP contribution < -0.4 is 0 Å². The first kappa shape index (κ1) is 16.0. The van der Waals surface area contributed by atoms with Gasteiger partial charge in [-0.05, 0) is 75.0 Å². The number of hydrogen-bond acceptors (Lipinski definition) is 5. The topological polar surface area (TPSA) is 77.7 Å². The molecule has 0 radical (unpaired) electrons. The van der Waals surface area contributed by atoms with Crippen LogP contribution >= 0.6 is 22.6 Å². The minimum Gasteiger partial charge on any atom is -0.220 e. The summed E-state index contributed by atoms with van der Waals surface area (Å²) in [4.78, 5) is 0. The number of sulfone groups is 1. The SMILES string of the molecule is O=S(=O)(Cc1ccc(F)cc1)c1nnnn1-c1ccc(I)cc1. The van der Waals surface area contributed by atoms with E-state index in [4.69, 9.17) is 0 Å². The smallest absolute Gasteiger partial charge is 0.220 e. The Hall–Kier alpha value is -1.88. The molecule has 3 rings (SSSR count). The standard InChI is InChI=1S/C14H10FIN4O2S/c15-11-3-1-10(2-4-11)9-23(21,22)14-17-18-19-20(14)13-7-5-12(16)6-8-13/h1-8H,9H2. The van der Waals surface area contributed by atoms with Crippen molar-refractivity contribution in [2.24, 2.45) is 0 Å². The molecule has 0 unspecified atom stereocenters.